The van der Waals surface area contributed by atoms with E-state index in [2.05, 4.69) is 5.32 Å². The molecule has 0 amide bonds. The van der Waals surface area contributed by atoms with Gasteiger partial charge in [-0.2, -0.15) is 8.42 Å². The van der Waals surface area contributed by atoms with Gasteiger partial charge in [0.05, 0.1) is 5.36 Å². The molecule has 0 radical (unpaired) electrons. The van der Waals surface area contributed by atoms with E-state index in [-0.39, 0.29) is 4.90 Å². The Morgan fingerprint density at radius 1 is 0.738 bits per heavy atom. The summed E-state index contributed by atoms with van der Waals surface area (Å²) in [6.07, 6.45) is 0. The fourth-order valence-corrected chi connectivity index (χ4v) is 6.20. The minimum Gasteiger partial charge on any atom is -0.456 e. The Balaban J connectivity index is 1.82. The second-order valence-electron chi connectivity index (χ2n) is 9.94. The molecule has 1 aliphatic heterocycles. The van der Waals surface area contributed by atoms with Gasteiger partial charge in [-0.1, -0.05) is 78.9 Å². The smallest absolute Gasteiger partial charge is 0.295 e. The molecule has 0 bridgehead atoms. The largest absolute Gasteiger partial charge is 0.456 e. The first-order valence-corrected chi connectivity index (χ1v) is 15.3. The number of hydrogen-bond acceptors (Lipinski definition) is 5. The second kappa shape index (κ2) is 11.3. The summed E-state index contributed by atoms with van der Waals surface area (Å²) in [4.78, 5) is 4.60. The average Bonchev–Trinajstić information content (AvgIpc) is 3.00. The molecule has 2 N–H and O–H groups in total. The molecule has 2 aliphatic rings. The highest BCUT2D eigenvalue weighted by molar-refractivity contribution is 7.86. The Labute approximate surface area is 245 Å². The maximum atomic E-state index is 12.7. The Morgan fingerprint density at radius 2 is 1.38 bits per heavy atom. The Hall–Kier alpha value is -4.72. The SMILES string of the molecule is CC/N=c1\cc2oc3cc(NCC)c(-c4ccccc4)cc3c(-c3ccccc3S(=O)(=O)O)c-2cc1-c1ccccc1. The molecule has 210 valence electrons. The summed E-state index contributed by atoms with van der Waals surface area (Å²) < 4.78 is 42.2. The number of nitrogens with zero attached hydrogens (tertiary/aromatic N) is 1. The molecular weight excluding hydrogens is 544 g/mol. The van der Waals surface area contributed by atoms with Gasteiger partial charge in [-0.15, -0.1) is 0 Å². The first-order chi connectivity index (χ1) is 20.4. The van der Waals surface area contributed by atoms with Crippen LogP contribution in [-0.4, -0.2) is 26.1 Å². The number of benzene rings is 5. The van der Waals surface area contributed by atoms with Crippen LogP contribution in [0.2, 0.25) is 0 Å². The lowest BCUT2D eigenvalue weighted by atomic mass is 9.89. The number of fused-ring (bicyclic) bond motifs is 2. The lowest BCUT2D eigenvalue weighted by molar-refractivity contribution is 0.483. The normalized spacial score (nSPS) is 12.2. The Morgan fingerprint density at radius 3 is 2.02 bits per heavy atom. The highest BCUT2D eigenvalue weighted by Gasteiger charge is 2.25. The topological polar surface area (TPSA) is 91.9 Å². The maximum Gasteiger partial charge on any atom is 0.295 e. The van der Waals surface area contributed by atoms with Gasteiger partial charge in [0.1, 0.15) is 16.2 Å². The summed E-state index contributed by atoms with van der Waals surface area (Å²) in [5, 5.41) is 4.96. The van der Waals surface area contributed by atoms with Crippen molar-refractivity contribution in [2.75, 3.05) is 18.4 Å². The van der Waals surface area contributed by atoms with Crippen molar-refractivity contribution < 1.29 is 17.4 Å². The zero-order valence-electron chi connectivity index (χ0n) is 23.3. The summed E-state index contributed by atoms with van der Waals surface area (Å²) in [5.41, 5.74) is 7.06. The molecule has 0 fully saturated rings. The van der Waals surface area contributed by atoms with E-state index in [1.807, 2.05) is 98.8 Å². The van der Waals surface area contributed by atoms with Gasteiger partial charge in [0.25, 0.3) is 10.1 Å². The fraction of sp³-hybridized carbons (Fsp3) is 0.114. The van der Waals surface area contributed by atoms with Gasteiger partial charge >= 0.3 is 0 Å². The summed E-state index contributed by atoms with van der Waals surface area (Å²) >= 11 is 0. The zero-order chi connectivity index (χ0) is 29.3. The molecule has 1 heterocycles. The quantitative estimate of drug-likeness (QED) is 0.148. The van der Waals surface area contributed by atoms with E-state index < -0.39 is 10.1 Å². The standard InChI is InChI=1S/C35H30N2O4S/c1-3-36-30-21-32-28(19-26(30)23-13-7-5-8-14-23)35(25-17-11-12-18-34(25)42(38,39)40)29-20-27(24-15-9-6-10-16-24)31(37-4-2)22-33(29)41-32/h5-22,36H,3-4H2,1-2H3,(H,38,39,40)/b37-31+. The third-order valence-electron chi connectivity index (χ3n) is 7.28. The third-order valence-corrected chi connectivity index (χ3v) is 8.19. The van der Waals surface area contributed by atoms with Crippen molar-refractivity contribution >= 4 is 26.8 Å². The number of anilines is 1. The first-order valence-electron chi connectivity index (χ1n) is 13.9. The van der Waals surface area contributed by atoms with Gasteiger partial charge in [-0.3, -0.25) is 9.55 Å². The predicted octanol–water partition coefficient (Wildman–Crippen LogP) is 8.14. The predicted molar refractivity (Wildman–Crippen MR) is 169 cm³/mol. The number of hydrogen-bond donors (Lipinski definition) is 2. The van der Waals surface area contributed by atoms with Crippen LogP contribution < -0.4 is 10.7 Å². The van der Waals surface area contributed by atoms with Gasteiger partial charge < -0.3 is 9.73 Å². The van der Waals surface area contributed by atoms with Crippen LogP contribution in [0.25, 0.3) is 55.7 Å². The molecule has 4 aromatic rings. The molecule has 0 saturated heterocycles. The van der Waals surface area contributed by atoms with Crippen LogP contribution in [0.1, 0.15) is 13.8 Å². The van der Waals surface area contributed by atoms with E-state index in [0.717, 1.165) is 38.7 Å². The first kappa shape index (κ1) is 27.4. The van der Waals surface area contributed by atoms with E-state index >= 15 is 0 Å². The summed E-state index contributed by atoms with van der Waals surface area (Å²) in [5.74, 6) is 0.560. The van der Waals surface area contributed by atoms with Gasteiger partial charge in [-0.05, 0) is 43.2 Å². The monoisotopic (exact) mass is 574 g/mol. The third kappa shape index (κ3) is 5.09. The van der Waals surface area contributed by atoms with Crippen molar-refractivity contribution in [1.82, 2.24) is 0 Å². The van der Waals surface area contributed by atoms with Crippen LogP contribution >= 0.6 is 0 Å². The summed E-state index contributed by atoms with van der Waals surface area (Å²) in [6.45, 7) is 5.31. The van der Waals surface area contributed by atoms with Gasteiger partial charge in [0.15, 0.2) is 0 Å². The number of rotatable bonds is 7. The van der Waals surface area contributed by atoms with Crippen molar-refractivity contribution in [3.05, 3.63) is 115 Å². The van der Waals surface area contributed by atoms with E-state index in [1.165, 1.54) is 6.07 Å². The zero-order valence-corrected chi connectivity index (χ0v) is 24.2. The van der Waals surface area contributed by atoms with E-state index in [4.69, 9.17) is 9.41 Å². The lowest BCUT2D eigenvalue weighted by Gasteiger charge is -2.20. The molecular formula is C35H30N2O4S. The lowest BCUT2D eigenvalue weighted by Crippen LogP contribution is -2.09. The highest BCUT2D eigenvalue weighted by atomic mass is 32.2. The molecule has 1 aliphatic carbocycles. The molecule has 42 heavy (non-hydrogen) atoms. The van der Waals surface area contributed by atoms with Crippen molar-refractivity contribution in [2.24, 2.45) is 4.99 Å². The van der Waals surface area contributed by atoms with Crippen LogP contribution in [0.3, 0.4) is 0 Å². The second-order valence-corrected chi connectivity index (χ2v) is 11.3. The highest BCUT2D eigenvalue weighted by Crippen LogP contribution is 2.45. The average molecular weight is 575 g/mol. The van der Waals surface area contributed by atoms with Crippen molar-refractivity contribution in [3.63, 3.8) is 0 Å². The fourth-order valence-electron chi connectivity index (χ4n) is 5.50. The van der Waals surface area contributed by atoms with Crippen molar-refractivity contribution in [1.29, 1.82) is 0 Å². The van der Waals surface area contributed by atoms with E-state index in [1.54, 1.807) is 18.2 Å². The number of nitrogens with one attached hydrogen (secondary N) is 1. The van der Waals surface area contributed by atoms with Crippen molar-refractivity contribution in [3.8, 4) is 44.7 Å². The molecule has 0 spiro atoms. The van der Waals surface area contributed by atoms with Gasteiger partial charge in [0.2, 0.25) is 0 Å². The van der Waals surface area contributed by atoms with Crippen LogP contribution in [-0.2, 0) is 10.1 Å². The maximum absolute atomic E-state index is 12.7. The van der Waals surface area contributed by atoms with Crippen LogP contribution in [0.15, 0.2) is 123 Å². The van der Waals surface area contributed by atoms with E-state index in [0.29, 0.717) is 41.1 Å². The van der Waals surface area contributed by atoms with Crippen LogP contribution in [0, 0.1) is 0 Å². The minimum absolute atomic E-state index is 0.167. The van der Waals surface area contributed by atoms with Gasteiger partial charge in [-0.25, -0.2) is 0 Å². The molecule has 0 atom stereocenters. The minimum atomic E-state index is -4.54. The molecule has 0 unspecified atom stereocenters. The molecule has 0 aromatic heterocycles. The molecule has 6 nitrogen and oxygen atoms in total. The molecule has 4 aromatic carbocycles. The summed E-state index contributed by atoms with van der Waals surface area (Å²) in [6, 6.07) is 34.4. The molecule has 6 rings (SSSR count). The van der Waals surface area contributed by atoms with Crippen molar-refractivity contribution in [2.45, 2.75) is 18.7 Å². The van der Waals surface area contributed by atoms with Crippen LogP contribution in [0.4, 0.5) is 5.69 Å². The molecule has 7 heteroatoms. The molecule has 0 saturated carbocycles. The van der Waals surface area contributed by atoms with Crippen LogP contribution in [0.5, 0.6) is 0 Å². The Kier molecular flexibility index (Phi) is 7.37. The Bertz CT molecular complexity index is 2050. The summed E-state index contributed by atoms with van der Waals surface area (Å²) in [7, 11) is -4.54. The van der Waals surface area contributed by atoms with Gasteiger partial charge in [0, 0.05) is 64.1 Å². The van der Waals surface area contributed by atoms with E-state index in [9.17, 15) is 13.0 Å².